The molecular weight excluding hydrogens is 737 g/mol. The van der Waals surface area contributed by atoms with Gasteiger partial charge in [0.05, 0.1) is 32.5 Å². The maximum atomic E-state index is 14.6. The molecule has 6 rings (SSSR count). The Morgan fingerprint density at radius 2 is 1.47 bits per heavy atom. The normalized spacial score (nSPS) is 18.7. The lowest BCUT2D eigenvalue weighted by Crippen LogP contribution is -2.65. The second-order valence-corrected chi connectivity index (χ2v) is 16.1. The van der Waals surface area contributed by atoms with Gasteiger partial charge < -0.3 is 39.1 Å². The zero-order valence-corrected chi connectivity index (χ0v) is 34.4. The lowest BCUT2D eigenvalue weighted by molar-refractivity contribution is -0.334. The molecule has 4 aromatic carbocycles. The molecule has 11 heteroatoms. The molecule has 308 valence electrons. The lowest BCUT2D eigenvalue weighted by Gasteiger charge is -2.50. The van der Waals surface area contributed by atoms with E-state index in [2.05, 4.69) is 34.9 Å². The first-order chi connectivity index (χ1) is 27.9. The van der Waals surface area contributed by atoms with Gasteiger partial charge in [-0.25, -0.2) is 9.59 Å². The van der Waals surface area contributed by atoms with Gasteiger partial charge in [0.2, 0.25) is 5.91 Å². The molecule has 4 aromatic rings. The van der Waals surface area contributed by atoms with Gasteiger partial charge >= 0.3 is 12.1 Å². The van der Waals surface area contributed by atoms with Crippen LogP contribution in [0.2, 0.25) is 0 Å². The van der Waals surface area contributed by atoms with E-state index >= 15 is 0 Å². The van der Waals surface area contributed by atoms with Crippen molar-refractivity contribution < 1.29 is 42.8 Å². The topological polar surface area (TPSA) is 131 Å². The van der Waals surface area contributed by atoms with Crippen LogP contribution >= 0.6 is 0 Å². The first kappa shape index (κ1) is 42.2. The van der Waals surface area contributed by atoms with Gasteiger partial charge in [0, 0.05) is 24.8 Å². The van der Waals surface area contributed by atoms with Gasteiger partial charge in [-0.3, -0.25) is 4.79 Å². The average molecular weight is 793 g/mol. The van der Waals surface area contributed by atoms with Gasteiger partial charge in [-0.1, -0.05) is 100 Å². The molecule has 2 aliphatic rings. The summed E-state index contributed by atoms with van der Waals surface area (Å²) in [4.78, 5) is 40.0. The Bertz CT molecular complexity index is 1970. The highest BCUT2D eigenvalue weighted by molar-refractivity contribution is 5.81. The molecule has 3 atom stereocenters. The van der Waals surface area contributed by atoms with Gasteiger partial charge in [-0.05, 0) is 82.8 Å². The van der Waals surface area contributed by atoms with Crippen molar-refractivity contribution in [1.82, 2.24) is 10.6 Å². The number of esters is 1. The zero-order valence-electron chi connectivity index (χ0n) is 34.4. The van der Waals surface area contributed by atoms with Gasteiger partial charge in [0.25, 0.3) is 5.79 Å². The second-order valence-electron chi connectivity index (χ2n) is 16.1. The van der Waals surface area contributed by atoms with Crippen molar-refractivity contribution in [3.8, 4) is 22.6 Å². The van der Waals surface area contributed by atoms with Crippen molar-refractivity contribution in [2.75, 3.05) is 34.0 Å². The number of nitrogens with one attached hydrogen (secondary N) is 2. The van der Waals surface area contributed by atoms with E-state index in [-0.39, 0.29) is 37.6 Å². The van der Waals surface area contributed by atoms with Crippen LogP contribution in [-0.2, 0) is 35.1 Å². The zero-order chi connectivity index (χ0) is 41.3. The van der Waals surface area contributed by atoms with E-state index in [9.17, 15) is 14.4 Å². The number of methoxy groups -OCH3 is 1. The van der Waals surface area contributed by atoms with Crippen molar-refractivity contribution in [3.63, 3.8) is 0 Å². The monoisotopic (exact) mass is 792 g/mol. The van der Waals surface area contributed by atoms with Gasteiger partial charge in [-0.15, -0.1) is 0 Å². The highest BCUT2D eigenvalue weighted by atomic mass is 16.7. The van der Waals surface area contributed by atoms with Crippen molar-refractivity contribution in [1.29, 1.82) is 0 Å². The molecule has 0 aromatic heterocycles. The first-order valence-corrected chi connectivity index (χ1v) is 20.1. The molecule has 2 amide bonds. The van der Waals surface area contributed by atoms with Crippen LogP contribution in [-0.4, -0.2) is 63.8 Å². The van der Waals surface area contributed by atoms with E-state index in [0.717, 1.165) is 46.2 Å². The van der Waals surface area contributed by atoms with Gasteiger partial charge in [0.15, 0.2) is 0 Å². The summed E-state index contributed by atoms with van der Waals surface area (Å²) in [6, 6.07) is 30.1. The second kappa shape index (κ2) is 18.9. The van der Waals surface area contributed by atoms with Crippen LogP contribution in [0.15, 0.2) is 97.1 Å². The molecule has 1 aliphatic heterocycles. The molecule has 2 N–H and O–H groups in total. The van der Waals surface area contributed by atoms with E-state index in [0.29, 0.717) is 30.9 Å². The molecule has 1 heterocycles. The maximum absolute atomic E-state index is 14.6. The molecule has 2 unspecified atom stereocenters. The molecule has 0 radical (unpaired) electrons. The van der Waals surface area contributed by atoms with Crippen molar-refractivity contribution >= 4 is 18.0 Å². The van der Waals surface area contributed by atoms with E-state index in [4.69, 9.17) is 28.4 Å². The predicted molar refractivity (Wildman–Crippen MR) is 220 cm³/mol. The Morgan fingerprint density at radius 3 is 2.09 bits per heavy atom. The minimum Gasteiger partial charge on any atom is -0.497 e. The highest BCUT2D eigenvalue weighted by Gasteiger charge is 2.58. The van der Waals surface area contributed by atoms with Crippen molar-refractivity contribution in [3.05, 3.63) is 119 Å². The Labute approximate surface area is 341 Å². The number of alkyl carbamates (subject to hydrolysis) is 1. The lowest BCUT2D eigenvalue weighted by atomic mass is 9.81. The van der Waals surface area contributed by atoms with Crippen LogP contribution in [0.25, 0.3) is 11.1 Å². The van der Waals surface area contributed by atoms with Crippen LogP contribution in [0.1, 0.15) is 87.7 Å². The number of fused-ring (bicyclic) bond motifs is 3. The molecule has 0 bridgehead atoms. The number of hydrogen-bond acceptors (Lipinski definition) is 9. The van der Waals surface area contributed by atoms with E-state index in [1.165, 1.54) is 0 Å². The Hall–Kier alpha value is -5.39. The Kier molecular flexibility index (Phi) is 13.8. The van der Waals surface area contributed by atoms with E-state index in [1.807, 2.05) is 100 Å². The summed E-state index contributed by atoms with van der Waals surface area (Å²) in [6.45, 7) is 8.67. The third-order valence-corrected chi connectivity index (χ3v) is 10.8. The van der Waals surface area contributed by atoms with Crippen LogP contribution in [0, 0.1) is 11.3 Å². The quantitative estimate of drug-likeness (QED) is 0.0799. The summed E-state index contributed by atoms with van der Waals surface area (Å²) in [6.07, 6.45) is 0.934. The van der Waals surface area contributed by atoms with Crippen LogP contribution in [0.4, 0.5) is 4.79 Å². The molecule has 58 heavy (non-hydrogen) atoms. The number of benzene rings is 4. The molecule has 11 nitrogen and oxygen atoms in total. The summed E-state index contributed by atoms with van der Waals surface area (Å²) in [5.74, 6) is -1.55. The number of amides is 2. The molecular formula is C47H56N2O9. The number of carbonyl (C=O) groups is 3. The number of carbonyl (C=O) groups excluding carboxylic acids is 3. The number of unbranched alkanes of at least 4 members (excludes halogenated alkanes) is 1. The molecule has 1 saturated heterocycles. The maximum Gasteiger partial charge on any atom is 0.407 e. The van der Waals surface area contributed by atoms with Crippen molar-refractivity contribution in [2.45, 2.75) is 83.8 Å². The molecule has 1 aliphatic carbocycles. The van der Waals surface area contributed by atoms with Crippen LogP contribution < -0.4 is 20.1 Å². The number of ether oxygens (including phenoxy) is 6. The largest absolute Gasteiger partial charge is 0.497 e. The molecule has 0 saturated carbocycles. The fourth-order valence-corrected chi connectivity index (χ4v) is 7.66. The summed E-state index contributed by atoms with van der Waals surface area (Å²) in [5, 5.41) is 5.62. The minimum atomic E-state index is -2.02. The first-order valence-electron chi connectivity index (χ1n) is 20.1. The third kappa shape index (κ3) is 9.82. The average Bonchev–Trinajstić information content (AvgIpc) is 3.55. The Morgan fingerprint density at radius 1 is 0.828 bits per heavy atom. The third-order valence-electron chi connectivity index (χ3n) is 10.8. The highest BCUT2D eigenvalue weighted by Crippen LogP contribution is 2.48. The van der Waals surface area contributed by atoms with E-state index in [1.54, 1.807) is 14.2 Å². The summed E-state index contributed by atoms with van der Waals surface area (Å²) >= 11 is 0. The SMILES string of the molecule is CNC(=O)CCCCOc1ccc(COC(=O)C2([C@H](CC(C)C)NC(=O)OCC3c4ccccc4-c4ccccc43)OCC(C)(C)C(c3ccc(OC)cc3)O2)cc1. The van der Waals surface area contributed by atoms with Gasteiger partial charge in [0.1, 0.15) is 24.7 Å². The van der Waals surface area contributed by atoms with E-state index < -0.39 is 35.4 Å². The summed E-state index contributed by atoms with van der Waals surface area (Å²) in [7, 11) is 3.23. The smallest absolute Gasteiger partial charge is 0.407 e. The predicted octanol–water partition coefficient (Wildman–Crippen LogP) is 8.50. The minimum absolute atomic E-state index is 0.00760. The number of rotatable bonds is 17. The Balaban J connectivity index is 1.21. The van der Waals surface area contributed by atoms with Crippen molar-refractivity contribution in [2.24, 2.45) is 11.3 Å². The number of hydrogen-bond donors (Lipinski definition) is 2. The molecule has 1 fully saturated rings. The fraction of sp³-hybridized carbons (Fsp3) is 0.426. The van der Waals surface area contributed by atoms with Crippen LogP contribution in [0.5, 0.6) is 11.5 Å². The molecule has 0 spiro atoms. The standard InChI is InChI=1S/C47H56N2O9/c1-31(2)27-41(49-45(52)56-29-40-38-15-9-7-13-36(38)37-14-8-10-16-39(37)40)47(57-30-46(3,4)43(58-47)33-20-24-34(53-6)25-21-33)44(51)55-28-32-18-22-35(23-19-32)54-26-12-11-17-42(50)48-5/h7-10,13-16,18-25,31,40-41,43H,11-12,17,26-30H2,1-6H3,(H,48,50)(H,49,52)/t41-,43?,47?/m0/s1. The van der Waals surface area contributed by atoms with Crippen LogP contribution in [0.3, 0.4) is 0 Å². The van der Waals surface area contributed by atoms with Gasteiger partial charge in [-0.2, -0.15) is 0 Å². The summed E-state index contributed by atoms with van der Waals surface area (Å²) in [5.41, 5.74) is 5.41. The fourth-order valence-electron chi connectivity index (χ4n) is 7.66. The summed E-state index contributed by atoms with van der Waals surface area (Å²) < 4.78 is 36.7.